The third-order valence-electron chi connectivity index (χ3n) is 3.69. The number of pyridine rings is 1. The molecule has 3 heterocycles. The molecule has 0 spiro atoms. The summed E-state index contributed by atoms with van der Waals surface area (Å²) in [5.41, 5.74) is 4.07. The van der Waals surface area contributed by atoms with Crippen molar-refractivity contribution in [3.8, 4) is 11.1 Å². The molecular weight excluding hydrogens is 300 g/mol. The van der Waals surface area contributed by atoms with Crippen LogP contribution in [0, 0.1) is 6.92 Å². The van der Waals surface area contributed by atoms with Gasteiger partial charge in [-0.3, -0.25) is 4.79 Å². The highest BCUT2D eigenvalue weighted by Crippen LogP contribution is 2.29. The number of fused-ring (bicyclic) bond motifs is 3. The molecule has 1 N–H and O–H groups in total. The molecule has 0 atom stereocenters. The minimum absolute atomic E-state index is 0.173. The van der Waals surface area contributed by atoms with Crippen molar-refractivity contribution in [3.05, 3.63) is 63.8 Å². The van der Waals surface area contributed by atoms with E-state index >= 15 is 0 Å². The number of H-pyrrole nitrogens is 1. The van der Waals surface area contributed by atoms with Crippen LogP contribution in [0.25, 0.3) is 27.7 Å². The molecule has 1 aromatic carbocycles. The first-order valence-corrected chi connectivity index (χ1v) is 7.14. The third-order valence-corrected chi connectivity index (χ3v) is 3.94. The molecule has 4 rings (SSSR count). The fraction of sp³-hybridized carbons (Fsp3) is 0.0625. The van der Waals surface area contributed by atoms with Gasteiger partial charge in [-0.2, -0.15) is 5.10 Å². The molecule has 4 aromatic rings. The number of hydrogen-bond acceptors (Lipinski definition) is 3. The van der Waals surface area contributed by atoms with Gasteiger partial charge in [0.25, 0.3) is 5.56 Å². The maximum Gasteiger partial charge on any atom is 0.258 e. The van der Waals surface area contributed by atoms with Gasteiger partial charge in [0.15, 0.2) is 5.65 Å². The Bertz CT molecular complexity index is 1060. The van der Waals surface area contributed by atoms with Crippen LogP contribution in [0.15, 0.2) is 47.5 Å². The number of halogens is 1. The van der Waals surface area contributed by atoms with E-state index in [1.54, 1.807) is 16.9 Å². The Morgan fingerprint density at radius 3 is 2.73 bits per heavy atom. The quantitative estimate of drug-likeness (QED) is 0.587. The second-order valence-electron chi connectivity index (χ2n) is 5.07. The van der Waals surface area contributed by atoms with Crippen molar-refractivity contribution in [2.24, 2.45) is 0 Å². The molecule has 0 fully saturated rings. The number of aromatic amines is 1. The summed E-state index contributed by atoms with van der Waals surface area (Å²) in [6.07, 6.45) is 3.20. The van der Waals surface area contributed by atoms with E-state index < -0.39 is 0 Å². The average Bonchev–Trinajstić information content (AvgIpc) is 2.85. The summed E-state index contributed by atoms with van der Waals surface area (Å²) >= 11 is 5.95. The molecule has 0 radical (unpaired) electrons. The summed E-state index contributed by atoms with van der Waals surface area (Å²) in [5, 5.41) is 5.75. The molecule has 3 aromatic heterocycles. The fourth-order valence-corrected chi connectivity index (χ4v) is 2.80. The van der Waals surface area contributed by atoms with Crippen LogP contribution < -0.4 is 5.56 Å². The Morgan fingerprint density at radius 1 is 1.18 bits per heavy atom. The van der Waals surface area contributed by atoms with Crippen molar-refractivity contribution in [2.45, 2.75) is 6.92 Å². The fourth-order valence-electron chi connectivity index (χ4n) is 2.67. The van der Waals surface area contributed by atoms with Crippen molar-refractivity contribution >= 4 is 28.2 Å². The number of nitrogens with one attached hydrogen (secondary N) is 1. The normalized spacial score (nSPS) is 11.4. The SMILES string of the molecule is Cc1nn2c(ncc3c(=O)[nH]ccc32)c1-c1ccc(Cl)cc1. The molecule has 6 heteroatoms. The van der Waals surface area contributed by atoms with Crippen molar-refractivity contribution in [1.82, 2.24) is 19.6 Å². The minimum atomic E-state index is -0.173. The molecule has 0 bridgehead atoms. The molecule has 5 nitrogen and oxygen atoms in total. The second-order valence-corrected chi connectivity index (χ2v) is 5.50. The Labute approximate surface area is 130 Å². The van der Waals surface area contributed by atoms with Gasteiger partial charge in [-0.05, 0) is 30.7 Å². The molecule has 0 aliphatic rings. The molecule has 0 aliphatic heterocycles. The first-order chi connectivity index (χ1) is 10.6. The summed E-state index contributed by atoms with van der Waals surface area (Å²) in [5.74, 6) is 0. The lowest BCUT2D eigenvalue weighted by Crippen LogP contribution is -2.07. The van der Waals surface area contributed by atoms with Crippen LogP contribution in [0.5, 0.6) is 0 Å². The van der Waals surface area contributed by atoms with E-state index in [-0.39, 0.29) is 5.56 Å². The van der Waals surface area contributed by atoms with Crippen molar-refractivity contribution in [3.63, 3.8) is 0 Å². The van der Waals surface area contributed by atoms with E-state index in [4.69, 9.17) is 11.6 Å². The predicted molar refractivity (Wildman–Crippen MR) is 86.3 cm³/mol. The highest BCUT2D eigenvalue weighted by atomic mass is 35.5. The molecule has 0 saturated heterocycles. The maximum atomic E-state index is 11.9. The Kier molecular flexibility index (Phi) is 2.77. The van der Waals surface area contributed by atoms with Gasteiger partial charge in [0, 0.05) is 23.0 Å². The maximum absolute atomic E-state index is 11.9. The Hall–Kier alpha value is -2.66. The molecule has 0 saturated carbocycles. The van der Waals surface area contributed by atoms with Gasteiger partial charge in [0.1, 0.15) is 0 Å². The molecule has 22 heavy (non-hydrogen) atoms. The van der Waals surface area contributed by atoms with Gasteiger partial charge in [0.2, 0.25) is 0 Å². The third kappa shape index (κ3) is 1.83. The zero-order valence-electron chi connectivity index (χ0n) is 11.7. The number of rotatable bonds is 1. The lowest BCUT2D eigenvalue weighted by Gasteiger charge is -2.02. The zero-order chi connectivity index (χ0) is 15.3. The van der Waals surface area contributed by atoms with Crippen LogP contribution >= 0.6 is 11.6 Å². The molecule has 108 valence electrons. The molecule has 0 unspecified atom stereocenters. The Morgan fingerprint density at radius 2 is 1.95 bits per heavy atom. The van der Waals surface area contributed by atoms with Gasteiger partial charge in [0.05, 0.1) is 16.6 Å². The number of aromatic nitrogens is 4. The minimum Gasteiger partial charge on any atom is -0.328 e. The lowest BCUT2D eigenvalue weighted by atomic mass is 10.1. The molecular formula is C16H11ClN4O. The smallest absolute Gasteiger partial charge is 0.258 e. The number of nitrogens with zero attached hydrogens (tertiary/aromatic N) is 3. The summed E-state index contributed by atoms with van der Waals surface area (Å²) in [4.78, 5) is 19.0. The first kappa shape index (κ1) is 13.0. The number of benzene rings is 1. The van der Waals surface area contributed by atoms with E-state index in [0.717, 1.165) is 28.0 Å². The van der Waals surface area contributed by atoms with Gasteiger partial charge in [-0.1, -0.05) is 23.7 Å². The van der Waals surface area contributed by atoms with Crippen LogP contribution in [0.1, 0.15) is 5.69 Å². The summed E-state index contributed by atoms with van der Waals surface area (Å²) in [6, 6.07) is 9.38. The first-order valence-electron chi connectivity index (χ1n) is 6.77. The van der Waals surface area contributed by atoms with Crippen molar-refractivity contribution in [1.29, 1.82) is 0 Å². The Balaban J connectivity index is 2.11. The number of aryl methyl sites for hydroxylation is 1. The van der Waals surface area contributed by atoms with Crippen LogP contribution in [0.3, 0.4) is 0 Å². The van der Waals surface area contributed by atoms with Gasteiger partial charge >= 0.3 is 0 Å². The lowest BCUT2D eigenvalue weighted by molar-refractivity contribution is 0.953. The monoisotopic (exact) mass is 310 g/mol. The predicted octanol–water partition coefficient (Wildman–Crippen LogP) is 3.20. The summed E-state index contributed by atoms with van der Waals surface area (Å²) in [6.45, 7) is 1.93. The van der Waals surface area contributed by atoms with Crippen LogP contribution in [0.2, 0.25) is 5.02 Å². The topological polar surface area (TPSA) is 63.1 Å². The standard InChI is InChI=1S/C16H11ClN4O/c1-9-14(10-2-4-11(17)5-3-10)15-19-8-12-13(21(15)20-9)6-7-18-16(12)22/h2-8H,1H3,(H,18,22). The summed E-state index contributed by atoms with van der Waals surface area (Å²) in [7, 11) is 0. The van der Waals surface area contributed by atoms with Gasteiger partial charge in [-0.15, -0.1) is 0 Å². The van der Waals surface area contributed by atoms with E-state index in [0.29, 0.717) is 10.4 Å². The highest BCUT2D eigenvalue weighted by Gasteiger charge is 2.15. The van der Waals surface area contributed by atoms with E-state index in [1.807, 2.05) is 37.3 Å². The second kappa shape index (κ2) is 4.68. The van der Waals surface area contributed by atoms with E-state index in [9.17, 15) is 4.79 Å². The van der Waals surface area contributed by atoms with Crippen LogP contribution in [0.4, 0.5) is 0 Å². The number of hydrogen-bond donors (Lipinski definition) is 1. The van der Waals surface area contributed by atoms with E-state index in [2.05, 4.69) is 15.1 Å². The van der Waals surface area contributed by atoms with Crippen LogP contribution in [-0.2, 0) is 0 Å². The largest absolute Gasteiger partial charge is 0.328 e. The molecule has 0 aliphatic carbocycles. The summed E-state index contributed by atoms with van der Waals surface area (Å²) < 4.78 is 1.71. The van der Waals surface area contributed by atoms with Gasteiger partial charge < -0.3 is 4.98 Å². The van der Waals surface area contributed by atoms with Gasteiger partial charge in [-0.25, -0.2) is 9.50 Å². The molecule has 0 amide bonds. The van der Waals surface area contributed by atoms with E-state index in [1.165, 1.54) is 0 Å². The zero-order valence-corrected chi connectivity index (χ0v) is 12.4. The van der Waals surface area contributed by atoms with Crippen LogP contribution in [-0.4, -0.2) is 19.6 Å². The highest BCUT2D eigenvalue weighted by molar-refractivity contribution is 6.30. The van der Waals surface area contributed by atoms with Crippen molar-refractivity contribution in [2.75, 3.05) is 0 Å². The van der Waals surface area contributed by atoms with Crippen molar-refractivity contribution < 1.29 is 0 Å². The average molecular weight is 311 g/mol.